The van der Waals surface area contributed by atoms with E-state index in [-0.39, 0.29) is 23.9 Å². The van der Waals surface area contributed by atoms with E-state index in [0.717, 1.165) is 12.8 Å². The Balaban J connectivity index is 5.47. The molecule has 0 aromatic rings. The second-order valence-corrected chi connectivity index (χ2v) is 14.2. The van der Waals surface area contributed by atoms with Gasteiger partial charge in [-0.2, -0.15) is 8.42 Å². The second-order valence-electron chi connectivity index (χ2n) is 12.6. The van der Waals surface area contributed by atoms with Crippen molar-refractivity contribution >= 4 is 22.1 Å². The molecule has 36 heavy (non-hydrogen) atoms. The highest BCUT2D eigenvalue weighted by molar-refractivity contribution is 7.87. The topological polar surface area (TPSA) is 107 Å². The summed E-state index contributed by atoms with van der Waals surface area (Å²) in [4.78, 5) is 25.7. The Bertz CT molecular complexity index is 743. The fraction of sp³-hybridized carbons (Fsp3) is 0.929. The molecule has 0 saturated heterocycles. The Morgan fingerprint density at radius 2 is 0.972 bits per heavy atom. The molecule has 0 rings (SSSR count). The smallest absolute Gasteiger partial charge is 0.327 e. The van der Waals surface area contributed by atoms with Crippen LogP contribution in [0.5, 0.6) is 0 Å². The van der Waals surface area contributed by atoms with Crippen LogP contribution in [0, 0.1) is 35.5 Å². The number of esters is 2. The first-order valence-electron chi connectivity index (χ1n) is 13.8. The first-order valence-corrected chi connectivity index (χ1v) is 15.3. The largest absolute Gasteiger partial charge is 0.462 e. The van der Waals surface area contributed by atoms with Crippen molar-refractivity contribution in [2.75, 3.05) is 0 Å². The Morgan fingerprint density at radius 3 is 1.31 bits per heavy atom. The van der Waals surface area contributed by atoms with E-state index in [4.69, 9.17) is 9.47 Å². The number of ether oxygens (including phenoxy) is 2. The van der Waals surface area contributed by atoms with Crippen LogP contribution in [0.1, 0.15) is 114 Å². The van der Waals surface area contributed by atoms with Crippen molar-refractivity contribution in [1.82, 2.24) is 0 Å². The van der Waals surface area contributed by atoms with E-state index in [1.165, 1.54) is 0 Å². The lowest BCUT2D eigenvalue weighted by Gasteiger charge is -2.26. The molecule has 0 radical (unpaired) electrons. The molecule has 7 nitrogen and oxygen atoms in total. The summed E-state index contributed by atoms with van der Waals surface area (Å²) in [6.07, 6.45) is 2.77. The van der Waals surface area contributed by atoms with Gasteiger partial charge in [-0.1, -0.05) is 69.2 Å². The van der Waals surface area contributed by atoms with Crippen LogP contribution in [0.4, 0.5) is 0 Å². The van der Waals surface area contributed by atoms with Crippen LogP contribution in [0.3, 0.4) is 0 Å². The summed E-state index contributed by atoms with van der Waals surface area (Å²) >= 11 is 0. The minimum atomic E-state index is -4.85. The average Bonchev–Trinajstić information content (AvgIpc) is 2.62. The Kier molecular flexibility index (Phi) is 16.1. The van der Waals surface area contributed by atoms with Crippen LogP contribution >= 0.6 is 0 Å². The Morgan fingerprint density at radius 1 is 0.611 bits per heavy atom. The van der Waals surface area contributed by atoms with Crippen LogP contribution in [-0.4, -0.2) is 42.4 Å². The summed E-state index contributed by atoms with van der Waals surface area (Å²) in [5, 5.41) is -1.99. The van der Waals surface area contributed by atoms with Crippen LogP contribution in [-0.2, 0) is 29.2 Å². The molecule has 0 aromatic carbocycles. The molecule has 0 spiro atoms. The van der Waals surface area contributed by atoms with Crippen molar-refractivity contribution in [3.63, 3.8) is 0 Å². The summed E-state index contributed by atoms with van der Waals surface area (Å²) in [6, 6.07) is 0. The molecule has 5 atom stereocenters. The van der Waals surface area contributed by atoms with Crippen LogP contribution < -0.4 is 0 Å². The molecule has 0 aliphatic heterocycles. The molecular formula is C28H54O7S. The zero-order chi connectivity index (χ0) is 28.2. The van der Waals surface area contributed by atoms with Gasteiger partial charge in [0, 0.05) is 0 Å². The SMILES string of the molecule is CC(C)CC(C)CC(CC(C)C)OC(=O)CC(C(=O)OC(CC(C)C)CC(C)CC(C)C)S(=O)(=O)O. The summed E-state index contributed by atoms with van der Waals surface area (Å²) < 4.78 is 45.2. The molecule has 8 heteroatoms. The fourth-order valence-corrected chi connectivity index (χ4v) is 5.72. The first kappa shape index (κ1) is 34.9. The van der Waals surface area contributed by atoms with Crippen molar-refractivity contribution in [3.05, 3.63) is 0 Å². The first-order chi connectivity index (χ1) is 16.4. The van der Waals surface area contributed by atoms with Gasteiger partial charge >= 0.3 is 11.9 Å². The molecule has 0 fully saturated rings. The summed E-state index contributed by atoms with van der Waals surface area (Å²) in [7, 11) is -4.85. The van der Waals surface area contributed by atoms with E-state index in [1.807, 2.05) is 27.7 Å². The van der Waals surface area contributed by atoms with Crippen molar-refractivity contribution in [3.8, 4) is 0 Å². The predicted octanol–water partition coefficient (Wildman–Crippen LogP) is 6.69. The molecule has 0 amide bonds. The third kappa shape index (κ3) is 16.6. The number of hydrogen-bond donors (Lipinski definition) is 1. The molecule has 0 aliphatic rings. The van der Waals surface area contributed by atoms with E-state index in [2.05, 4.69) is 41.5 Å². The predicted molar refractivity (Wildman–Crippen MR) is 145 cm³/mol. The molecule has 0 saturated carbocycles. The number of rotatable bonds is 18. The van der Waals surface area contributed by atoms with E-state index in [9.17, 15) is 22.6 Å². The minimum absolute atomic E-state index is 0.229. The average molecular weight is 535 g/mol. The van der Waals surface area contributed by atoms with E-state index < -0.39 is 39.8 Å². The van der Waals surface area contributed by atoms with Crippen LogP contribution in [0.25, 0.3) is 0 Å². The zero-order valence-electron chi connectivity index (χ0n) is 24.5. The quantitative estimate of drug-likeness (QED) is 0.154. The number of carbonyl (C=O) groups is 2. The highest BCUT2D eigenvalue weighted by Crippen LogP contribution is 2.25. The summed E-state index contributed by atoms with van der Waals surface area (Å²) in [5.41, 5.74) is 0. The standard InChI is InChI=1S/C28H54O7S/c1-18(2)11-22(9)15-24(13-20(5)6)34-27(29)17-26(36(31,32)33)28(30)35-25(14-21(7)8)16-23(10)12-19(3)4/h18-26H,11-17H2,1-10H3,(H,31,32,33). The normalized spacial score (nSPS) is 16.8. The van der Waals surface area contributed by atoms with Crippen molar-refractivity contribution in [2.45, 2.75) is 132 Å². The molecule has 0 bridgehead atoms. The van der Waals surface area contributed by atoms with Gasteiger partial charge in [0.15, 0.2) is 5.25 Å². The lowest BCUT2D eigenvalue weighted by molar-refractivity contribution is -0.157. The summed E-state index contributed by atoms with van der Waals surface area (Å²) in [6.45, 7) is 20.8. The Labute approximate surface area is 221 Å². The minimum Gasteiger partial charge on any atom is -0.462 e. The van der Waals surface area contributed by atoms with Gasteiger partial charge in [0.25, 0.3) is 10.1 Å². The van der Waals surface area contributed by atoms with E-state index in [0.29, 0.717) is 43.4 Å². The molecule has 0 heterocycles. The number of carbonyl (C=O) groups excluding carboxylic acids is 2. The highest BCUT2D eigenvalue weighted by Gasteiger charge is 2.38. The van der Waals surface area contributed by atoms with E-state index >= 15 is 0 Å². The fourth-order valence-electron chi connectivity index (χ4n) is 5.07. The molecule has 0 aliphatic carbocycles. The third-order valence-corrected chi connectivity index (χ3v) is 7.18. The molecule has 5 unspecified atom stereocenters. The van der Waals surface area contributed by atoms with Crippen LogP contribution in [0.2, 0.25) is 0 Å². The van der Waals surface area contributed by atoms with Gasteiger partial charge in [-0.3, -0.25) is 14.1 Å². The van der Waals surface area contributed by atoms with Crippen LogP contribution in [0.15, 0.2) is 0 Å². The maximum atomic E-state index is 12.9. The monoisotopic (exact) mass is 534 g/mol. The van der Waals surface area contributed by atoms with Gasteiger partial charge in [-0.05, 0) is 74.0 Å². The molecule has 214 valence electrons. The van der Waals surface area contributed by atoms with Gasteiger partial charge in [0.1, 0.15) is 12.2 Å². The van der Waals surface area contributed by atoms with E-state index in [1.54, 1.807) is 0 Å². The molecular weight excluding hydrogens is 480 g/mol. The summed E-state index contributed by atoms with van der Waals surface area (Å²) in [5.74, 6) is 0.201. The lowest BCUT2D eigenvalue weighted by Crippen LogP contribution is -2.38. The van der Waals surface area contributed by atoms with Crippen molar-refractivity contribution in [1.29, 1.82) is 0 Å². The second kappa shape index (κ2) is 16.6. The zero-order valence-corrected chi connectivity index (χ0v) is 25.3. The Hall–Kier alpha value is -1.15. The molecule has 1 N–H and O–H groups in total. The van der Waals surface area contributed by atoms with Gasteiger partial charge in [0.2, 0.25) is 0 Å². The van der Waals surface area contributed by atoms with Crippen molar-refractivity contribution < 1.29 is 32.0 Å². The third-order valence-electron chi connectivity index (χ3n) is 6.10. The van der Waals surface area contributed by atoms with Crippen molar-refractivity contribution in [2.24, 2.45) is 35.5 Å². The maximum Gasteiger partial charge on any atom is 0.327 e. The highest BCUT2D eigenvalue weighted by atomic mass is 32.2. The molecule has 0 aromatic heterocycles. The van der Waals surface area contributed by atoms with Gasteiger partial charge in [0.05, 0.1) is 6.42 Å². The number of hydrogen-bond acceptors (Lipinski definition) is 6. The van der Waals surface area contributed by atoms with Gasteiger partial charge in [-0.15, -0.1) is 0 Å². The lowest BCUT2D eigenvalue weighted by atomic mass is 9.90. The maximum absolute atomic E-state index is 12.9. The van der Waals surface area contributed by atoms with Gasteiger partial charge < -0.3 is 9.47 Å². The van der Waals surface area contributed by atoms with Gasteiger partial charge in [-0.25, -0.2) is 0 Å².